The summed E-state index contributed by atoms with van der Waals surface area (Å²) in [5.74, 6) is 0.254. The van der Waals surface area contributed by atoms with Crippen LogP contribution in [0.2, 0.25) is 10.0 Å². The molecule has 0 spiro atoms. The highest BCUT2D eigenvalue weighted by atomic mass is 127. The molecule has 1 fully saturated rings. The summed E-state index contributed by atoms with van der Waals surface area (Å²) in [5.41, 5.74) is 5.70. The summed E-state index contributed by atoms with van der Waals surface area (Å²) in [6, 6.07) is 27.6. The first kappa shape index (κ1) is 29.7. The van der Waals surface area contributed by atoms with E-state index in [9.17, 15) is 4.79 Å². The lowest BCUT2D eigenvalue weighted by molar-refractivity contribution is -0.113. The Morgan fingerprint density at radius 3 is 2.00 bits per heavy atom. The number of carbonyl (C=O) groups is 1. The third-order valence-electron chi connectivity index (χ3n) is 6.59. The maximum absolute atomic E-state index is 13.8. The number of benzene rings is 4. The van der Waals surface area contributed by atoms with E-state index in [0.717, 1.165) is 33.4 Å². The molecular formula is C33H27Cl2IN2O2S. The number of halogens is 3. The Morgan fingerprint density at radius 2 is 1.41 bits per heavy atom. The topological polar surface area (TPSA) is 41.9 Å². The highest BCUT2D eigenvalue weighted by molar-refractivity contribution is 14.1. The molecule has 0 aliphatic carbocycles. The van der Waals surface area contributed by atoms with Gasteiger partial charge in [0.05, 0.1) is 26.3 Å². The number of aryl methyl sites for hydroxylation is 2. The molecule has 1 amide bonds. The molecule has 1 aliphatic rings. The van der Waals surface area contributed by atoms with Gasteiger partial charge in [-0.05, 0) is 124 Å². The summed E-state index contributed by atoms with van der Waals surface area (Å²) in [5, 5.41) is 1.34. The van der Waals surface area contributed by atoms with Crippen molar-refractivity contribution in [1.82, 2.24) is 0 Å². The molecule has 41 heavy (non-hydrogen) atoms. The second-order valence-corrected chi connectivity index (χ2v) is 12.5. The second-order valence-electron chi connectivity index (χ2n) is 9.41. The van der Waals surface area contributed by atoms with Crippen LogP contribution in [0.25, 0.3) is 6.08 Å². The molecule has 4 aromatic rings. The summed E-state index contributed by atoms with van der Waals surface area (Å²) >= 11 is 16.8. The largest absolute Gasteiger partial charge is 0.486 e. The maximum atomic E-state index is 13.8. The third-order valence-corrected chi connectivity index (χ3v) is 8.84. The van der Waals surface area contributed by atoms with Crippen molar-refractivity contribution in [2.75, 3.05) is 4.90 Å². The summed E-state index contributed by atoms with van der Waals surface area (Å²) in [7, 11) is 0. The minimum absolute atomic E-state index is 0.158. The quantitative estimate of drug-likeness (QED) is 0.135. The first-order valence-electron chi connectivity index (χ1n) is 13.2. The highest BCUT2D eigenvalue weighted by Crippen LogP contribution is 2.40. The minimum Gasteiger partial charge on any atom is -0.486 e. The van der Waals surface area contributed by atoms with E-state index >= 15 is 0 Å². The van der Waals surface area contributed by atoms with Crippen LogP contribution in [0.5, 0.6) is 5.75 Å². The van der Waals surface area contributed by atoms with E-state index in [1.165, 1.54) is 22.9 Å². The van der Waals surface area contributed by atoms with Crippen molar-refractivity contribution in [2.45, 2.75) is 33.3 Å². The van der Waals surface area contributed by atoms with Gasteiger partial charge >= 0.3 is 0 Å². The van der Waals surface area contributed by atoms with Crippen molar-refractivity contribution in [1.29, 1.82) is 0 Å². The van der Waals surface area contributed by atoms with Gasteiger partial charge < -0.3 is 4.74 Å². The Balaban J connectivity index is 1.44. The SMILES string of the molecule is CCc1ccc(N=C2S/C(=C\c3cc(Cl)c(OCc4ccc(I)cc4)c(Cl)c3)C(=O)N2c2ccc(CC)cc2)cc1. The molecule has 1 saturated heterocycles. The number of carbonyl (C=O) groups excluding carboxylic acids is 1. The van der Waals surface area contributed by atoms with Crippen LogP contribution >= 0.6 is 57.6 Å². The van der Waals surface area contributed by atoms with Crippen molar-refractivity contribution < 1.29 is 9.53 Å². The van der Waals surface area contributed by atoms with Gasteiger partial charge in [0, 0.05) is 3.57 Å². The third kappa shape index (κ3) is 7.17. The lowest BCUT2D eigenvalue weighted by Crippen LogP contribution is -2.28. The predicted molar refractivity (Wildman–Crippen MR) is 182 cm³/mol. The summed E-state index contributed by atoms with van der Waals surface area (Å²) < 4.78 is 7.10. The van der Waals surface area contributed by atoms with Crippen LogP contribution in [-0.4, -0.2) is 11.1 Å². The van der Waals surface area contributed by atoms with Gasteiger partial charge in [-0.25, -0.2) is 4.99 Å². The molecule has 1 aliphatic heterocycles. The van der Waals surface area contributed by atoms with Crippen LogP contribution in [0, 0.1) is 3.57 Å². The Bertz CT molecular complexity index is 1600. The Hall–Kier alpha value is -2.78. The van der Waals surface area contributed by atoms with Crippen LogP contribution in [0.15, 0.2) is 94.8 Å². The Morgan fingerprint density at radius 1 is 0.854 bits per heavy atom. The summed E-state index contributed by atoms with van der Waals surface area (Å²) in [4.78, 5) is 20.8. The average Bonchev–Trinajstić information content (AvgIpc) is 3.27. The van der Waals surface area contributed by atoms with Gasteiger partial charge in [0.2, 0.25) is 0 Å². The van der Waals surface area contributed by atoms with E-state index in [2.05, 4.69) is 48.6 Å². The van der Waals surface area contributed by atoms with Crippen molar-refractivity contribution in [3.63, 3.8) is 0 Å². The van der Waals surface area contributed by atoms with Crippen molar-refractivity contribution in [2.24, 2.45) is 4.99 Å². The summed E-state index contributed by atoms with van der Waals surface area (Å²) in [6.07, 6.45) is 3.67. The predicted octanol–water partition coefficient (Wildman–Crippen LogP) is 10.1. The van der Waals surface area contributed by atoms with Gasteiger partial charge in [-0.15, -0.1) is 0 Å². The first-order valence-corrected chi connectivity index (χ1v) is 15.9. The molecule has 208 valence electrons. The van der Waals surface area contributed by atoms with Crippen LogP contribution < -0.4 is 9.64 Å². The van der Waals surface area contributed by atoms with Gasteiger partial charge in [-0.1, -0.05) is 73.4 Å². The number of ether oxygens (including phenoxy) is 1. The molecule has 4 nitrogen and oxygen atoms in total. The number of aliphatic imine (C=N–C) groups is 1. The molecule has 0 saturated carbocycles. The molecule has 0 atom stereocenters. The van der Waals surface area contributed by atoms with Crippen LogP contribution in [0.1, 0.15) is 36.1 Å². The number of thioether (sulfide) groups is 1. The van der Waals surface area contributed by atoms with Crippen molar-refractivity contribution in [3.05, 3.63) is 126 Å². The number of rotatable bonds is 8. The van der Waals surface area contributed by atoms with E-state index in [-0.39, 0.29) is 5.91 Å². The number of anilines is 1. The fourth-order valence-electron chi connectivity index (χ4n) is 4.26. The van der Waals surface area contributed by atoms with Gasteiger partial charge in [0.1, 0.15) is 6.61 Å². The molecule has 0 N–H and O–H groups in total. The standard InChI is InChI=1S/C33H27Cl2IN2O2S/c1-3-21-7-13-26(14-8-21)37-33-38(27-15-9-22(4-2)10-16-27)32(39)30(41-33)19-24-17-28(34)31(29(35)18-24)40-20-23-5-11-25(36)12-6-23/h5-19H,3-4,20H2,1-2H3/b30-19-,37-33?. The maximum Gasteiger partial charge on any atom is 0.271 e. The van der Waals surface area contributed by atoms with Crippen LogP contribution in [0.3, 0.4) is 0 Å². The number of hydrogen-bond acceptors (Lipinski definition) is 4. The van der Waals surface area contributed by atoms with Gasteiger partial charge in [-0.3, -0.25) is 9.69 Å². The van der Waals surface area contributed by atoms with Gasteiger partial charge in [-0.2, -0.15) is 0 Å². The minimum atomic E-state index is -0.158. The number of nitrogens with zero attached hydrogens (tertiary/aromatic N) is 2. The van der Waals surface area contributed by atoms with Crippen molar-refractivity contribution >= 4 is 86.1 Å². The van der Waals surface area contributed by atoms with E-state index in [1.54, 1.807) is 23.1 Å². The molecule has 0 unspecified atom stereocenters. The van der Waals surface area contributed by atoms with Gasteiger partial charge in [0.25, 0.3) is 5.91 Å². The zero-order valence-electron chi connectivity index (χ0n) is 22.5. The molecule has 0 radical (unpaired) electrons. The first-order chi connectivity index (χ1) is 19.8. The average molecular weight is 713 g/mol. The van der Waals surface area contributed by atoms with E-state index in [0.29, 0.717) is 38.0 Å². The molecule has 0 bridgehead atoms. The number of amides is 1. The molecule has 1 heterocycles. The van der Waals surface area contributed by atoms with Crippen LogP contribution in [-0.2, 0) is 24.2 Å². The number of hydrogen-bond donors (Lipinski definition) is 0. The zero-order chi connectivity index (χ0) is 28.9. The molecule has 5 rings (SSSR count). The lowest BCUT2D eigenvalue weighted by Gasteiger charge is -2.16. The molecule has 0 aromatic heterocycles. The second kappa shape index (κ2) is 13.5. The van der Waals surface area contributed by atoms with E-state index in [1.807, 2.05) is 60.7 Å². The fraction of sp³-hybridized carbons (Fsp3) is 0.152. The monoisotopic (exact) mass is 712 g/mol. The molecule has 8 heteroatoms. The van der Waals surface area contributed by atoms with Crippen molar-refractivity contribution in [3.8, 4) is 5.75 Å². The highest BCUT2D eigenvalue weighted by Gasteiger charge is 2.35. The van der Waals surface area contributed by atoms with E-state index in [4.69, 9.17) is 32.9 Å². The Kier molecular flexibility index (Phi) is 9.75. The van der Waals surface area contributed by atoms with Crippen LogP contribution in [0.4, 0.5) is 11.4 Å². The van der Waals surface area contributed by atoms with Gasteiger partial charge in [0.15, 0.2) is 10.9 Å². The number of amidine groups is 1. The lowest BCUT2D eigenvalue weighted by atomic mass is 10.1. The molecular weight excluding hydrogens is 686 g/mol. The summed E-state index contributed by atoms with van der Waals surface area (Å²) in [6.45, 7) is 4.57. The Labute approximate surface area is 268 Å². The smallest absolute Gasteiger partial charge is 0.271 e. The van der Waals surface area contributed by atoms with E-state index < -0.39 is 0 Å². The molecule has 4 aromatic carbocycles. The fourth-order valence-corrected chi connectivity index (χ4v) is 6.24. The zero-order valence-corrected chi connectivity index (χ0v) is 27.0. The normalized spacial score (nSPS) is 15.2.